The first-order chi connectivity index (χ1) is 6.33. The number of allylic oxidation sites excluding steroid dienone is 1. The Hall–Kier alpha value is -0.830. The van der Waals surface area contributed by atoms with Gasteiger partial charge in [-0.2, -0.15) is 0 Å². The van der Waals surface area contributed by atoms with E-state index in [1.54, 1.807) is 0 Å². The second kappa shape index (κ2) is 3.50. The lowest BCUT2D eigenvalue weighted by Crippen LogP contribution is -2.47. The van der Waals surface area contributed by atoms with Gasteiger partial charge in [-0.1, -0.05) is 6.08 Å². The topological polar surface area (TPSA) is 40.5 Å². The molecule has 0 radical (unpaired) electrons. The van der Waals surface area contributed by atoms with Gasteiger partial charge in [-0.25, -0.2) is 0 Å². The number of hydrogen-bond acceptors (Lipinski definition) is 2. The van der Waals surface area contributed by atoms with E-state index in [0.717, 1.165) is 19.3 Å². The van der Waals surface area contributed by atoms with E-state index in [0.29, 0.717) is 6.42 Å². The van der Waals surface area contributed by atoms with Crippen LogP contribution in [0.4, 0.5) is 0 Å². The van der Waals surface area contributed by atoms with E-state index in [-0.39, 0.29) is 24.5 Å². The molecule has 2 heterocycles. The quantitative estimate of drug-likeness (QED) is 0.652. The molecule has 0 unspecified atom stereocenters. The van der Waals surface area contributed by atoms with Crippen molar-refractivity contribution in [1.29, 1.82) is 0 Å². The average molecular weight is 181 g/mol. The average Bonchev–Trinajstić information content (AvgIpc) is 2.18. The zero-order valence-corrected chi connectivity index (χ0v) is 7.65. The van der Waals surface area contributed by atoms with Gasteiger partial charge in [0.15, 0.2) is 0 Å². The van der Waals surface area contributed by atoms with Crippen LogP contribution in [0, 0.1) is 5.92 Å². The Morgan fingerprint density at radius 1 is 1.62 bits per heavy atom. The summed E-state index contributed by atoms with van der Waals surface area (Å²) in [7, 11) is 0. The fourth-order valence-electron chi connectivity index (χ4n) is 2.27. The maximum atomic E-state index is 11.5. The Morgan fingerprint density at radius 3 is 3.23 bits per heavy atom. The highest BCUT2D eigenvalue weighted by atomic mass is 16.3. The van der Waals surface area contributed by atoms with Crippen molar-refractivity contribution in [3.05, 3.63) is 12.3 Å². The first kappa shape index (κ1) is 8.75. The van der Waals surface area contributed by atoms with Gasteiger partial charge in [0.25, 0.3) is 0 Å². The molecule has 2 atom stereocenters. The highest BCUT2D eigenvalue weighted by Crippen LogP contribution is 2.29. The molecule has 0 aliphatic carbocycles. The van der Waals surface area contributed by atoms with Crippen molar-refractivity contribution in [2.24, 2.45) is 5.92 Å². The summed E-state index contributed by atoms with van der Waals surface area (Å²) >= 11 is 0. The zero-order valence-electron chi connectivity index (χ0n) is 7.65. The number of nitrogens with zero attached hydrogens (tertiary/aromatic N) is 1. The third-order valence-electron chi connectivity index (χ3n) is 3.02. The lowest BCUT2D eigenvalue weighted by atomic mass is 9.86. The molecule has 0 aromatic heterocycles. The standard InChI is InChI=1S/C10H15NO2/c12-7-8-3-2-6-11-9(8)4-1-5-10(11)13/h2,6,8-9,12H,1,3-5,7H2/t8-,9-/m1/s1. The van der Waals surface area contributed by atoms with Gasteiger partial charge < -0.3 is 10.0 Å². The van der Waals surface area contributed by atoms with Crippen molar-refractivity contribution in [2.45, 2.75) is 31.7 Å². The predicted molar refractivity (Wildman–Crippen MR) is 48.8 cm³/mol. The maximum Gasteiger partial charge on any atom is 0.226 e. The summed E-state index contributed by atoms with van der Waals surface area (Å²) in [6.45, 7) is 0.193. The largest absolute Gasteiger partial charge is 0.396 e. The van der Waals surface area contributed by atoms with Crippen molar-refractivity contribution in [2.75, 3.05) is 6.61 Å². The SMILES string of the molecule is O=C1CCC[C@@H]2[C@@H](CO)CC=CN12. The van der Waals surface area contributed by atoms with Gasteiger partial charge in [-0.3, -0.25) is 4.79 Å². The Bertz CT molecular complexity index is 237. The first-order valence-electron chi connectivity index (χ1n) is 4.91. The van der Waals surface area contributed by atoms with Gasteiger partial charge >= 0.3 is 0 Å². The fourth-order valence-corrected chi connectivity index (χ4v) is 2.27. The summed E-state index contributed by atoms with van der Waals surface area (Å²) in [4.78, 5) is 13.3. The molecule has 1 amide bonds. The summed E-state index contributed by atoms with van der Waals surface area (Å²) in [5, 5.41) is 9.14. The molecular weight excluding hydrogens is 166 g/mol. The Balaban J connectivity index is 2.17. The lowest BCUT2D eigenvalue weighted by molar-refractivity contribution is -0.135. The van der Waals surface area contributed by atoms with E-state index >= 15 is 0 Å². The highest BCUT2D eigenvalue weighted by Gasteiger charge is 2.33. The number of aliphatic hydroxyl groups is 1. The molecule has 13 heavy (non-hydrogen) atoms. The van der Waals surface area contributed by atoms with E-state index < -0.39 is 0 Å². The van der Waals surface area contributed by atoms with Gasteiger partial charge in [0.2, 0.25) is 5.91 Å². The molecule has 0 aromatic rings. The van der Waals surface area contributed by atoms with Crippen molar-refractivity contribution in [3.8, 4) is 0 Å². The van der Waals surface area contributed by atoms with Crippen LogP contribution in [0.2, 0.25) is 0 Å². The van der Waals surface area contributed by atoms with Crippen LogP contribution in [-0.4, -0.2) is 28.6 Å². The Labute approximate surface area is 78.0 Å². The highest BCUT2D eigenvalue weighted by molar-refractivity contribution is 5.78. The van der Waals surface area contributed by atoms with Crippen molar-refractivity contribution in [1.82, 2.24) is 4.90 Å². The fraction of sp³-hybridized carbons (Fsp3) is 0.700. The van der Waals surface area contributed by atoms with Gasteiger partial charge in [-0.05, 0) is 19.3 Å². The molecule has 3 nitrogen and oxygen atoms in total. The summed E-state index contributed by atoms with van der Waals surface area (Å²) < 4.78 is 0. The monoisotopic (exact) mass is 181 g/mol. The molecule has 0 spiro atoms. The summed E-state index contributed by atoms with van der Waals surface area (Å²) in [5.41, 5.74) is 0. The van der Waals surface area contributed by atoms with Crippen LogP contribution in [0.25, 0.3) is 0 Å². The van der Waals surface area contributed by atoms with E-state index in [4.69, 9.17) is 5.11 Å². The Kier molecular flexibility index (Phi) is 2.36. The molecule has 0 saturated carbocycles. The number of carbonyl (C=O) groups is 1. The molecule has 1 saturated heterocycles. The summed E-state index contributed by atoms with van der Waals surface area (Å²) in [5.74, 6) is 0.472. The van der Waals surface area contributed by atoms with Crippen molar-refractivity contribution >= 4 is 5.91 Å². The van der Waals surface area contributed by atoms with E-state index in [1.807, 2.05) is 17.2 Å². The van der Waals surface area contributed by atoms with Crippen molar-refractivity contribution < 1.29 is 9.90 Å². The van der Waals surface area contributed by atoms with Crippen LogP contribution in [0.3, 0.4) is 0 Å². The number of piperidine rings is 1. The molecular formula is C10H15NO2. The number of carbonyl (C=O) groups excluding carboxylic acids is 1. The smallest absolute Gasteiger partial charge is 0.226 e. The normalized spacial score (nSPS) is 33.3. The Morgan fingerprint density at radius 2 is 2.46 bits per heavy atom. The summed E-state index contributed by atoms with van der Waals surface area (Å²) in [6, 6.07) is 0.260. The minimum Gasteiger partial charge on any atom is -0.396 e. The lowest BCUT2D eigenvalue weighted by Gasteiger charge is -2.40. The molecule has 1 fully saturated rings. The number of hydrogen-bond donors (Lipinski definition) is 1. The minimum atomic E-state index is 0.193. The van der Waals surface area contributed by atoms with Gasteiger partial charge in [0.1, 0.15) is 0 Å². The zero-order chi connectivity index (χ0) is 9.26. The first-order valence-corrected chi connectivity index (χ1v) is 4.91. The van der Waals surface area contributed by atoms with Crippen molar-refractivity contribution in [3.63, 3.8) is 0 Å². The third-order valence-corrected chi connectivity index (χ3v) is 3.02. The van der Waals surface area contributed by atoms with Gasteiger partial charge in [-0.15, -0.1) is 0 Å². The van der Waals surface area contributed by atoms with E-state index in [1.165, 1.54) is 0 Å². The van der Waals surface area contributed by atoms with Crippen LogP contribution in [0.5, 0.6) is 0 Å². The molecule has 2 aliphatic heterocycles. The summed E-state index contributed by atoms with van der Waals surface area (Å²) in [6.07, 6.45) is 7.47. The predicted octanol–water partition coefficient (Wildman–Crippen LogP) is 0.893. The molecule has 0 aromatic carbocycles. The minimum absolute atomic E-state index is 0.193. The number of amides is 1. The number of aliphatic hydroxyl groups excluding tert-OH is 1. The molecule has 2 rings (SSSR count). The number of fused-ring (bicyclic) bond motifs is 1. The van der Waals surface area contributed by atoms with Crippen LogP contribution < -0.4 is 0 Å². The van der Waals surface area contributed by atoms with E-state index in [2.05, 4.69) is 0 Å². The maximum absolute atomic E-state index is 11.5. The molecule has 1 N–H and O–H groups in total. The van der Waals surface area contributed by atoms with Gasteiger partial charge in [0, 0.05) is 31.2 Å². The van der Waals surface area contributed by atoms with Crippen LogP contribution in [-0.2, 0) is 4.79 Å². The molecule has 0 bridgehead atoms. The van der Waals surface area contributed by atoms with Crippen LogP contribution >= 0.6 is 0 Å². The molecule has 72 valence electrons. The number of rotatable bonds is 1. The molecule has 2 aliphatic rings. The van der Waals surface area contributed by atoms with Crippen LogP contribution in [0.15, 0.2) is 12.3 Å². The van der Waals surface area contributed by atoms with Crippen LogP contribution in [0.1, 0.15) is 25.7 Å². The molecule has 3 heteroatoms. The van der Waals surface area contributed by atoms with Gasteiger partial charge in [0.05, 0.1) is 0 Å². The second-order valence-electron chi connectivity index (χ2n) is 3.82. The second-order valence-corrected chi connectivity index (χ2v) is 3.82. The van der Waals surface area contributed by atoms with E-state index in [9.17, 15) is 4.79 Å². The third kappa shape index (κ3) is 1.48.